The van der Waals surface area contributed by atoms with E-state index in [0.717, 1.165) is 5.56 Å². The summed E-state index contributed by atoms with van der Waals surface area (Å²) in [4.78, 5) is 38.1. The van der Waals surface area contributed by atoms with E-state index in [0.29, 0.717) is 37.1 Å². The van der Waals surface area contributed by atoms with Gasteiger partial charge < -0.3 is 25.4 Å². The number of nitrogens with two attached hydrogens (primary N) is 1. The van der Waals surface area contributed by atoms with E-state index in [9.17, 15) is 14.4 Å². The number of benzene rings is 1. The van der Waals surface area contributed by atoms with Gasteiger partial charge in [0.25, 0.3) is 5.91 Å². The fourth-order valence-corrected chi connectivity index (χ4v) is 5.26. The molecule has 0 unspecified atom stereocenters. The molecule has 1 aromatic rings. The standard InChI is InChI=1S/C18H25I2N3O5/c1-5-28-12(25)8-6-7-11(24)23(3)17-10(2)16(21)14(19)13(15(17)20)18(26)22-9-27-4/h5-9,21H2,1-4H3,(H,22,26). The predicted molar refractivity (Wildman–Crippen MR) is 124 cm³/mol. The number of amides is 2. The molecule has 1 aromatic carbocycles. The predicted octanol–water partition coefficient (Wildman–Crippen LogP) is 2.82. The Balaban J connectivity index is 3.11. The molecular formula is C18H25I2N3O5. The van der Waals surface area contributed by atoms with Crippen LogP contribution in [0.15, 0.2) is 0 Å². The number of ether oxygens (including phenoxy) is 2. The van der Waals surface area contributed by atoms with Gasteiger partial charge in [-0.05, 0) is 71.0 Å². The molecule has 1 rings (SSSR count). The van der Waals surface area contributed by atoms with E-state index in [1.54, 1.807) is 14.0 Å². The van der Waals surface area contributed by atoms with Gasteiger partial charge in [0.2, 0.25) is 5.91 Å². The molecule has 156 valence electrons. The molecule has 0 spiro atoms. The Morgan fingerprint density at radius 3 is 2.39 bits per heavy atom. The second-order valence-corrected chi connectivity index (χ2v) is 8.10. The summed E-state index contributed by atoms with van der Waals surface area (Å²) in [5.74, 6) is -0.819. The maximum Gasteiger partial charge on any atom is 0.305 e. The Morgan fingerprint density at radius 1 is 1.18 bits per heavy atom. The molecule has 0 bridgehead atoms. The Hall–Kier alpha value is -1.15. The molecule has 0 aromatic heterocycles. The first-order chi connectivity index (χ1) is 13.2. The minimum atomic E-state index is -0.327. The van der Waals surface area contributed by atoms with Crippen LogP contribution >= 0.6 is 45.2 Å². The van der Waals surface area contributed by atoms with Crippen LogP contribution < -0.4 is 16.0 Å². The quantitative estimate of drug-likeness (QED) is 0.191. The van der Waals surface area contributed by atoms with Crippen molar-refractivity contribution >= 4 is 74.3 Å². The third-order valence-corrected chi connectivity index (χ3v) is 6.20. The van der Waals surface area contributed by atoms with Crippen LogP contribution in [-0.4, -0.2) is 45.3 Å². The Labute approximate surface area is 192 Å². The highest BCUT2D eigenvalue weighted by atomic mass is 127. The Bertz CT molecular complexity index is 755. The number of nitrogens with zero attached hydrogens (tertiary/aromatic N) is 1. The van der Waals surface area contributed by atoms with Crippen molar-refractivity contribution in [2.45, 2.75) is 33.1 Å². The molecule has 2 amide bonds. The average Bonchev–Trinajstić information content (AvgIpc) is 2.64. The van der Waals surface area contributed by atoms with E-state index >= 15 is 0 Å². The number of esters is 1. The SMILES string of the molecule is CCOC(=O)CCCC(=O)N(C)c1c(C)c(N)c(I)c(C(=O)NCOC)c1I. The van der Waals surface area contributed by atoms with Gasteiger partial charge in [-0.1, -0.05) is 0 Å². The van der Waals surface area contributed by atoms with E-state index in [1.165, 1.54) is 12.0 Å². The first-order valence-electron chi connectivity index (χ1n) is 8.63. The number of nitrogen functional groups attached to an aromatic ring is 1. The maximum absolute atomic E-state index is 12.6. The average molecular weight is 617 g/mol. The summed E-state index contributed by atoms with van der Waals surface area (Å²) in [5.41, 5.74) is 8.37. The zero-order chi connectivity index (χ0) is 21.4. The van der Waals surface area contributed by atoms with Crippen LogP contribution in [0.5, 0.6) is 0 Å². The van der Waals surface area contributed by atoms with E-state index in [2.05, 4.69) is 27.9 Å². The summed E-state index contributed by atoms with van der Waals surface area (Å²) in [5, 5.41) is 2.65. The molecule has 0 aliphatic heterocycles. The summed E-state index contributed by atoms with van der Waals surface area (Å²) < 4.78 is 11.0. The number of hydrogen-bond donors (Lipinski definition) is 2. The lowest BCUT2D eigenvalue weighted by Gasteiger charge is -2.25. The monoisotopic (exact) mass is 617 g/mol. The van der Waals surface area contributed by atoms with Crippen molar-refractivity contribution in [3.8, 4) is 0 Å². The Morgan fingerprint density at radius 2 is 1.82 bits per heavy atom. The van der Waals surface area contributed by atoms with Crippen LogP contribution in [-0.2, 0) is 19.1 Å². The number of halogens is 2. The second kappa shape index (κ2) is 11.8. The van der Waals surface area contributed by atoms with Crippen molar-refractivity contribution < 1.29 is 23.9 Å². The lowest BCUT2D eigenvalue weighted by Crippen LogP contribution is -2.31. The summed E-state index contributed by atoms with van der Waals surface area (Å²) >= 11 is 4.09. The van der Waals surface area contributed by atoms with Crippen molar-refractivity contribution in [1.29, 1.82) is 0 Å². The third-order valence-electron chi connectivity index (χ3n) is 4.03. The molecule has 0 fully saturated rings. The molecule has 0 heterocycles. The molecule has 0 aliphatic carbocycles. The van der Waals surface area contributed by atoms with Crippen LogP contribution in [0.1, 0.15) is 42.1 Å². The number of methoxy groups -OCH3 is 1. The van der Waals surface area contributed by atoms with Crippen LogP contribution in [0.25, 0.3) is 0 Å². The lowest BCUT2D eigenvalue weighted by atomic mass is 10.1. The molecule has 8 nitrogen and oxygen atoms in total. The summed E-state index contributed by atoms with van der Waals surface area (Å²) in [6.07, 6.45) is 0.754. The molecule has 0 saturated carbocycles. The molecule has 0 saturated heterocycles. The van der Waals surface area contributed by atoms with Gasteiger partial charge >= 0.3 is 5.97 Å². The number of hydrogen-bond acceptors (Lipinski definition) is 6. The number of rotatable bonds is 9. The highest BCUT2D eigenvalue weighted by Crippen LogP contribution is 2.37. The zero-order valence-corrected chi connectivity index (χ0v) is 20.7. The second-order valence-electron chi connectivity index (χ2n) is 5.94. The smallest absolute Gasteiger partial charge is 0.305 e. The fraction of sp³-hybridized carbons (Fsp3) is 0.500. The van der Waals surface area contributed by atoms with Gasteiger partial charge in [-0.2, -0.15) is 0 Å². The van der Waals surface area contributed by atoms with Gasteiger partial charge in [0, 0.05) is 27.0 Å². The van der Waals surface area contributed by atoms with Crippen LogP contribution in [0.4, 0.5) is 11.4 Å². The molecule has 10 heteroatoms. The topological polar surface area (TPSA) is 111 Å². The van der Waals surface area contributed by atoms with Crippen molar-refractivity contribution in [2.75, 3.05) is 38.1 Å². The van der Waals surface area contributed by atoms with Gasteiger partial charge in [-0.25, -0.2) is 0 Å². The largest absolute Gasteiger partial charge is 0.466 e. The maximum atomic E-state index is 12.6. The van der Waals surface area contributed by atoms with E-state index < -0.39 is 0 Å². The van der Waals surface area contributed by atoms with Gasteiger partial charge in [-0.3, -0.25) is 14.4 Å². The van der Waals surface area contributed by atoms with Gasteiger partial charge in [0.15, 0.2) is 0 Å². The first-order valence-corrected chi connectivity index (χ1v) is 10.8. The highest BCUT2D eigenvalue weighted by Gasteiger charge is 2.26. The summed E-state index contributed by atoms with van der Waals surface area (Å²) in [7, 11) is 3.12. The first kappa shape index (κ1) is 24.9. The lowest BCUT2D eigenvalue weighted by molar-refractivity contribution is -0.143. The molecule has 28 heavy (non-hydrogen) atoms. The number of anilines is 2. The molecule has 0 radical (unpaired) electrons. The molecule has 0 atom stereocenters. The van der Waals surface area contributed by atoms with E-state index in [4.69, 9.17) is 15.2 Å². The van der Waals surface area contributed by atoms with Crippen molar-refractivity contribution in [3.05, 3.63) is 18.3 Å². The minimum absolute atomic E-state index is 0.0662. The molecular weight excluding hydrogens is 592 g/mol. The van der Waals surface area contributed by atoms with Crippen molar-refractivity contribution in [1.82, 2.24) is 5.32 Å². The van der Waals surface area contributed by atoms with Crippen molar-refractivity contribution in [3.63, 3.8) is 0 Å². The zero-order valence-electron chi connectivity index (χ0n) is 16.4. The Kier molecular flexibility index (Phi) is 10.4. The number of nitrogens with one attached hydrogen (secondary N) is 1. The van der Waals surface area contributed by atoms with Crippen molar-refractivity contribution in [2.24, 2.45) is 0 Å². The van der Waals surface area contributed by atoms with E-state index in [-0.39, 0.29) is 37.4 Å². The highest BCUT2D eigenvalue weighted by molar-refractivity contribution is 14.1. The van der Waals surface area contributed by atoms with Gasteiger partial charge in [0.05, 0.1) is 30.7 Å². The van der Waals surface area contributed by atoms with Crippen LogP contribution in [0.2, 0.25) is 0 Å². The van der Waals surface area contributed by atoms with Gasteiger partial charge in [0.1, 0.15) is 6.73 Å². The minimum Gasteiger partial charge on any atom is -0.466 e. The normalized spacial score (nSPS) is 10.5. The van der Waals surface area contributed by atoms with Crippen LogP contribution in [0, 0.1) is 14.1 Å². The van der Waals surface area contributed by atoms with E-state index in [1.807, 2.05) is 29.5 Å². The molecule has 0 aliphatic rings. The molecule has 3 N–H and O–H groups in total. The number of carbonyl (C=O) groups excluding carboxylic acids is 3. The van der Waals surface area contributed by atoms with Crippen LogP contribution in [0.3, 0.4) is 0 Å². The van der Waals surface area contributed by atoms with Gasteiger partial charge in [-0.15, -0.1) is 0 Å². The fourth-order valence-electron chi connectivity index (χ4n) is 2.54. The third kappa shape index (κ3) is 6.17. The summed E-state index contributed by atoms with van der Waals surface area (Å²) in [6, 6.07) is 0. The summed E-state index contributed by atoms with van der Waals surface area (Å²) in [6.45, 7) is 3.94. The number of carbonyl (C=O) groups is 3.